The standard InChI is InChI=1S/C15H22N2O.ClH/c1-11(16)15(18)17-14(13-9-5-6-10-13)12-7-3-2-4-8-12;/h2-4,7-8,11,13-14H,5-6,9-10,16H2,1H3,(H,17,18);1H/t11-,14?;/m0./s1. The highest BCUT2D eigenvalue weighted by Gasteiger charge is 2.28. The zero-order valence-electron chi connectivity index (χ0n) is 11.3. The molecular formula is C15H23ClN2O. The average molecular weight is 283 g/mol. The molecule has 3 nitrogen and oxygen atoms in total. The summed E-state index contributed by atoms with van der Waals surface area (Å²) in [5, 5.41) is 3.11. The van der Waals surface area contributed by atoms with Crippen molar-refractivity contribution in [1.82, 2.24) is 5.32 Å². The Hall–Kier alpha value is -1.06. The van der Waals surface area contributed by atoms with Gasteiger partial charge in [-0.25, -0.2) is 0 Å². The van der Waals surface area contributed by atoms with Crippen LogP contribution in [-0.2, 0) is 4.79 Å². The van der Waals surface area contributed by atoms with Crippen LogP contribution in [0.15, 0.2) is 30.3 Å². The lowest BCUT2D eigenvalue weighted by Gasteiger charge is -2.26. The van der Waals surface area contributed by atoms with Gasteiger partial charge in [0.15, 0.2) is 0 Å². The number of rotatable bonds is 4. The van der Waals surface area contributed by atoms with Crippen molar-refractivity contribution in [2.75, 3.05) is 0 Å². The highest BCUT2D eigenvalue weighted by molar-refractivity contribution is 5.85. The van der Waals surface area contributed by atoms with Gasteiger partial charge in [0.2, 0.25) is 5.91 Å². The van der Waals surface area contributed by atoms with E-state index in [1.54, 1.807) is 6.92 Å². The lowest BCUT2D eigenvalue weighted by molar-refractivity contribution is -0.123. The Morgan fingerprint density at radius 3 is 2.37 bits per heavy atom. The average Bonchev–Trinajstić information content (AvgIpc) is 2.90. The third-order valence-corrected chi connectivity index (χ3v) is 3.74. The van der Waals surface area contributed by atoms with E-state index < -0.39 is 6.04 Å². The molecule has 1 unspecified atom stereocenters. The molecule has 0 bridgehead atoms. The summed E-state index contributed by atoms with van der Waals surface area (Å²) < 4.78 is 0. The highest BCUT2D eigenvalue weighted by atomic mass is 35.5. The molecule has 106 valence electrons. The first-order valence-electron chi connectivity index (χ1n) is 6.79. The lowest BCUT2D eigenvalue weighted by Crippen LogP contribution is -2.42. The lowest BCUT2D eigenvalue weighted by atomic mass is 9.91. The minimum absolute atomic E-state index is 0. The molecule has 19 heavy (non-hydrogen) atoms. The smallest absolute Gasteiger partial charge is 0.237 e. The Labute approximate surface area is 121 Å². The molecule has 1 aliphatic carbocycles. The van der Waals surface area contributed by atoms with Crippen LogP contribution in [0.1, 0.15) is 44.2 Å². The summed E-state index contributed by atoms with van der Waals surface area (Å²) >= 11 is 0. The van der Waals surface area contributed by atoms with Gasteiger partial charge in [-0.3, -0.25) is 4.79 Å². The second kappa shape index (κ2) is 7.51. The van der Waals surface area contributed by atoms with E-state index in [0.29, 0.717) is 5.92 Å². The van der Waals surface area contributed by atoms with E-state index in [1.165, 1.54) is 31.2 Å². The van der Waals surface area contributed by atoms with Gasteiger partial charge in [-0.15, -0.1) is 12.4 Å². The molecule has 1 fully saturated rings. The van der Waals surface area contributed by atoms with E-state index in [0.717, 1.165) is 0 Å². The topological polar surface area (TPSA) is 55.1 Å². The fourth-order valence-electron chi connectivity index (χ4n) is 2.71. The molecule has 3 N–H and O–H groups in total. The van der Waals surface area contributed by atoms with Crippen LogP contribution in [-0.4, -0.2) is 11.9 Å². The molecule has 1 aromatic rings. The largest absolute Gasteiger partial charge is 0.348 e. The number of carbonyl (C=O) groups is 1. The van der Waals surface area contributed by atoms with E-state index in [9.17, 15) is 4.79 Å². The Bertz CT molecular complexity index is 388. The molecule has 4 heteroatoms. The molecule has 0 heterocycles. The van der Waals surface area contributed by atoms with E-state index in [-0.39, 0.29) is 24.4 Å². The summed E-state index contributed by atoms with van der Waals surface area (Å²) in [6, 6.07) is 9.90. The van der Waals surface area contributed by atoms with Crippen LogP contribution >= 0.6 is 12.4 Å². The molecule has 1 aliphatic rings. The van der Waals surface area contributed by atoms with Gasteiger partial charge in [0, 0.05) is 0 Å². The second-order valence-corrected chi connectivity index (χ2v) is 5.23. The number of hydrogen-bond donors (Lipinski definition) is 2. The van der Waals surface area contributed by atoms with Crippen molar-refractivity contribution in [2.45, 2.75) is 44.7 Å². The Morgan fingerprint density at radius 1 is 1.26 bits per heavy atom. The summed E-state index contributed by atoms with van der Waals surface area (Å²) in [4.78, 5) is 11.8. The number of nitrogens with one attached hydrogen (secondary N) is 1. The second-order valence-electron chi connectivity index (χ2n) is 5.23. The maximum absolute atomic E-state index is 11.8. The molecule has 2 atom stereocenters. The first-order chi connectivity index (χ1) is 8.68. The van der Waals surface area contributed by atoms with Crippen molar-refractivity contribution >= 4 is 18.3 Å². The summed E-state index contributed by atoms with van der Waals surface area (Å²) in [6.07, 6.45) is 4.92. The van der Waals surface area contributed by atoms with Crippen molar-refractivity contribution in [2.24, 2.45) is 11.7 Å². The normalized spacial score (nSPS) is 18.4. The third-order valence-electron chi connectivity index (χ3n) is 3.74. The van der Waals surface area contributed by atoms with Gasteiger partial charge >= 0.3 is 0 Å². The van der Waals surface area contributed by atoms with E-state index >= 15 is 0 Å². The minimum Gasteiger partial charge on any atom is -0.348 e. The molecule has 0 radical (unpaired) electrons. The number of halogens is 1. The number of nitrogens with two attached hydrogens (primary N) is 1. The van der Waals surface area contributed by atoms with Crippen LogP contribution in [0, 0.1) is 5.92 Å². The molecule has 2 rings (SSSR count). The van der Waals surface area contributed by atoms with Crippen molar-refractivity contribution in [3.63, 3.8) is 0 Å². The Kier molecular flexibility index (Phi) is 6.32. The van der Waals surface area contributed by atoms with Crippen LogP contribution in [0.25, 0.3) is 0 Å². The maximum atomic E-state index is 11.8. The zero-order chi connectivity index (χ0) is 13.0. The van der Waals surface area contributed by atoms with Crippen LogP contribution in [0.3, 0.4) is 0 Å². The Balaban J connectivity index is 0.00000180. The van der Waals surface area contributed by atoms with Gasteiger partial charge in [0.1, 0.15) is 0 Å². The molecule has 0 saturated heterocycles. The summed E-state index contributed by atoms with van der Waals surface area (Å²) in [5.41, 5.74) is 6.84. The zero-order valence-corrected chi connectivity index (χ0v) is 12.2. The molecule has 0 aliphatic heterocycles. The fraction of sp³-hybridized carbons (Fsp3) is 0.533. The first-order valence-corrected chi connectivity index (χ1v) is 6.79. The van der Waals surface area contributed by atoms with Crippen LogP contribution in [0.4, 0.5) is 0 Å². The van der Waals surface area contributed by atoms with Crippen LogP contribution < -0.4 is 11.1 Å². The van der Waals surface area contributed by atoms with Crippen molar-refractivity contribution in [3.8, 4) is 0 Å². The van der Waals surface area contributed by atoms with Crippen molar-refractivity contribution in [1.29, 1.82) is 0 Å². The molecule has 1 aromatic carbocycles. The van der Waals surface area contributed by atoms with E-state index in [4.69, 9.17) is 5.73 Å². The van der Waals surface area contributed by atoms with Crippen molar-refractivity contribution < 1.29 is 4.79 Å². The third kappa shape index (κ3) is 4.22. The number of amides is 1. The molecule has 0 aromatic heterocycles. The van der Waals surface area contributed by atoms with E-state index in [2.05, 4.69) is 17.4 Å². The SMILES string of the molecule is C[C@H](N)C(=O)NC(c1ccccc1)C1CCCC1.Cl. The fourth-order valence-corrected chi connectivity index (χ4v) is 2.71. The predicted octanol–water partition coefficient (Wildman–Crippen LogP) is 2.80. The van der Waals surface area contributed by atoms with Crippen LogP contribution in [0.2, 0.25) is 0 Å². The monoisotopic (exact) mass is 282 g/mol. The molecule has 1 amide bonds. The number of benzene rings is 1. The number of hydrogen-bond acceptors (Lipinski definition) is 2. The summed E-state index contributed by atoms with van der Waals surface area (Å²) in [7, 11) is 0. The van der Waals surface area contributed by atoms with Gasteiger partial charge in [0.05, 0.1) is 12.1 Å². The van der Waals surface area contributed by atoms with Gasteiger partial charge in [-0.1, -0.05) is 43.2 Å². The van der Waals surface area contributed by atoms with Gasteiger partial charge in [-0.05, 0) is 31.2 Å². The van der Waals surface area contributed by atoms with E-state index in [1.807, 2.05) is 18.2 Å². The number of carbonyl (C=O) groups excluding carboxylic acids is 1. The Morgan fingerprint density at radius 2 is 1.84 bits per heavy atom. The van der Waals surface area contributed by atoms with Crippen LogP contribution in [0.5, 0.6) is 0 Å². The molecule has 0 spiro atoms. The van der Waals surface area contributed by atoms with Gasteiger partial charge in [-0.2, -0.15) is 0 Å². The summed E-state index contributed by atoms with van der Waals surface area (Å²) in [5.74, 6) is 0.492. The molecule has 1 saturated carbocycles. The van der Waals surface area contributed by atoms with Gasteiger partial charge in [0.25, 0.3) is 0 Å². The van der Waals surface area contributed by atoms with Crippen molar-refractivity contribution in [3.05, 3.63) is 35.9 Å². The predicted molar refractivity (Wildman–Crippen MR) is 80.2 cm³/mol. The van der Waals surface area contributed by atoms with Gasteiger partial charge < -0.3 is 11.1 Å². The highest BCUT2D eigenvalue weighted by Crippen LogP contribution is 2.35. The first kappa shape index (κ1) is 16.0. The minimum atomic E-state index is -0.447. The quantitative estimate of drug-likeness (QED) is 0.892. The summed E-state index contributed by atoms with van der Waals surface area (Å²) in [6.45, 7) is 1.73. The maximum Gasteiger partial charge on any atom is 0.237 e. The molecular weight excluding hydrogens is 260 g/mol.